The number of carbonyl (C=O) groups is 2. The molecule has 4 nitrogen and oxygen atoms in total. The van der Waals surface area contributed by atoms with Crippen molar-refractivity contribution in [3.05, 3.63) is 90.0 Å². The maximum absolute atomic E-state index is 12.6. The molecule has 0 N–H and O–H groups in total. The van der Waals surface area contributed by atoms with Gasteiger partial charge in [-0.25, -0.2) is 4.79 Å². The second kappa shape index (κ2) is 10.4. The summed E-state index contributed by atoms with van der Waals surface area (Å²) >= 11 is 0. The maximum Gasteiger partial charge on any atom is 0.397 e. The van der Waals surface area contributed by atoms with Crippen LogP contribution in [0.3, 0.4) is 0 Å². The smallest absolute Gasteiger partial charge is 0.397 e. The van der Waals surface area contributed by atoms with E-state index in [9.17, 15) is 9.59 Å². The highest BCUT2D eigenvalue weighted by Gasteiger charge is 2.24. The van der Waals surface area contributed by atoms with Gasteiger partial charge in [0.1, 0.15) is 0 Å². The van der Waals surface area contributed by atoms with Crippen LogP contribution in [-0.4, -0.2) is 19.0 Å². The summed E-state index contributed by atoms with van der Waals surface area (Å²) in [5.41, 5.74) is 5.11. The fourth-order valence-electron chi connectivity index (χ4n) is 3.32. The van der Waals surface area contributed by atoms with Crippen LogP contribution in [0.25, 0.3) is 11.1 Å². The lowest BCUT2D eigenvalue weighted by Gasteiger charge is -2.22. The second-order valence-corrected chi connectivity index (χ2v) is 7.22. The predicted octanol–water partition coefficient (Wildman–Crippen LogP) is 5.40. The summed E-state index contributed by atoms with van der Waals surface area (Å²) in [6.07, 6.45) is 3.48. The zero-order valence-corrected chi connectivity index (χ0v) is 17.5. The lowest BCUT2D eigenvalue weighted by Crippen LogP contribution is -2.36. The summed E-state index contributed by atoms with van der Waals surface area (Å²) in [6, 6.07) is 25.8. The molecule has 0 saturated carbocycles. The fourth-order valence-corrected chi connectivity index (χ4v) is 3.32. The van der Waals surface area contributed by atoms with Gasteiger partial charge in [-0.05, 0) is 47.2 Å². The highest BCUT2D eigenvalue weighted by atomic mass is 16.5. The summed E-state index contributed by atoms with van der Waals surface area (Å²) in [5.74, 6) is -1.56. The van der Waals surface area contributed by atoms with E-state index in [-0.39, 0.29) is 0 Å². The Hall–Kier alpha value is -3.40. The number of esters is 1. The Bertz CT molecular complexity index is 963. The van der Waals surface area contributed by atoms with Gasteiger partial charge in [-0.15, -0.1) is 0 Å². The molecule has 0 saturated heterocycles. The van der Waals surface area contributed by atoms with Crippen molar-refractivity contribution < 1.29 is 14.3 Å². The Morgan fingerprint density at radius 2 is 1.40 bits per heavy atom. The van der Waals surface area contributed by atoms with Gasteiger partial charge in [0.25, 0.3) is 0 Å². The molecule has 0 aliphatic heterocycles. The Balaban J connectivity index is 1.82. The minimum absolute atomic E-state index is 0.292. The van der Waals surface area contributed by atoms with Crippen molar-refractivity contribution in [3.63, 3.8) is 0 Å². The van der Waals surface area contributed by atoms with Crippen LogP contribution in [0.2, 0.25) is 0 Å². The molecule has 0 unspecified atom stereocenters. The molecule has 3 rings (SSSR count). The molecule has 3 aromatic carbocycles. The van der Waals surface area contributed by atoms with E-state index in [1.54, 1.807) is 0 Å². The molecule has 0 heterocycles. The fraction of sp³-hybridized carbons (Fsp3) is 0.231. The molecule has 0 bridgehead atoms. The third-order valence-electron chi connectivity index (χ3n) is 5.07. The Labute approximate surface area is 178 Å². The molecular weight excluding hydrogens is 374 g/mol. The molecule has 0 aliphatic rings. The minimum atomic E-state index is -0.877. The van der Waals surface area contributed by atoms with Crippen molar-refractivity contribution in [1.29, 1.82) is 0 Å². The number of carbonyl (C=O) groups excluding carboxylic acids is 2. The molecule has 0 aromatic heterocycles. The summed E-state index contributed by atoms with van der Waals surface area (Å²) in [5, 5.41) is 0. The van der Waals surface area contributed by atoms with E-state index >= 15 is 0 Å². The van der Waals surface area contributed by atoms with Gasteiger partial charge in [0, 0.05) is 5.69 Å². The van der Waals surface area contributed by atoms with E-state index < -0.39 is 11.9 Å². The molecular formula is C26H27NO3. The van der Waals surface area contributed by atoms with E-state index in [4.69, 9.17) is 0 Å². The molecule has 1 amide bonds. The summed E-state index contributed by atoms with van der Waals surface area (Å²) in [4.78, 5) is 26.0. The number of anilines is 1. The first-order valence-corrected chi connectivity index (χ1v) is 10.3. The van der Waals surface area contributed by atoms with Crippen molar-refractivity contribution in [1.82, 2.24) is 0 Å². The van der Waals surface area contributed by atoms with Gasteiger partial charge < -0.3 is 4.74 Å². The zero-order chi connectivity index (χ0) is 21.3. The van der Waals surface area contributed by atoms with E-state index in [1.165, 1.54) is 30.4 Å². The summed E-state index contributed by atoms with van der Waals surface area (Å²) < 4.78 is 4.65. The summed E-state index contributed by atoms with van der Waals surface area (Å²) in [7, 11) is 1.22. The number of benzene rings is 3. The van der Waals surface area contributed by atoms with E-state index in [2.05, 4.69) is 35.9 Å². The van der Waals surface area contributed by atoms with Crippen molar-refractivity contribution in [2.24, 2.45) is 0 Å². The van der Waals surface area contributed by atoms with Crippen LogP contribution < -0.4 is 4.90 Å². The first-order valence-electron chi connectivity index (χ1n) is 10.3. The largest absolute Gasteiger partial charge is 0.462 e. The standard InChI is InChI=1S/C26H27NO3/c1-3-4-8-20-11-13-22(14-12-20)23-15-17-24(18-16-23)27(25(28)26(29)30-2)19-21-9-6-5-7-10-21/h5-7,9-18H,3-4,8,19H2,1-2H3. The van der Waals surface area contributed by atoms with Crippen LogP contribution in [0, 0.1) is 0 Å². The number of methoxy groups -OCH3 is 1. The molecule has 154 valence electrons. The number of hydrogen-bond acceptors (Lipinski definition) is 3. The van der Waals surface area contributed by atoms with Crippen LogP contribution in [0.5, 0.6) is 0 Å². The monoisotopic (exact) mass is 401 g/mol. The first kappa shape index (κ1) is 21.3. The van der Waals surface area contributed by atoms with Gasteiger partial charge in [0.05, 0.1) is 13.7 Å². The number of amides is 1. The van der Waals surface area contributed by atoms with Crippen LogP contribution in [0.4, 0.5) is 5.69 Å². The number of nitrogens with zero attached hydrogens (tertiary/aromatic N) is 1. The van der Waals surface area contributed by atoms with Crippen molar-refractivity contribution >= 4 is 17.6 Å². The topological polar surface area (TPSA) is 46.6 Å². The average Bonchev–Trinajstić information content (AvgIpc) is 2.81. The van der Waals surface area contributed by atoms with Gasteiger partial charge >= 0.3 is 11.9 Å². The van der Waals surface area contributed by atoms with Crippen molar-refractivity contribution in [3.8, 4) is 11.1 Å². The van der Waals surface area contributed by atoms with Crippen molar-refractivity contribution in [2.45, 2.75) is 32.7 Å². The Kier molecular flexibility index (Phi) is 7.39. The van der Waals surface area contributed by atoms with Crippen molar-refractivity contribution in [2.75, 3.05) is 12.0 Å². The maximum atomic E-state index is 12.6. The van der Waals surface area contributed by atoms with Crippen LogP contribution in [0.15, 0.2) is 78.9 Å². The normalized spacial score (nSPS) is 10.5. The molecule has 0 atom stereocenters. The molecule has 4 heteroatoms. The first-order chi connectivity index (χ1) is 14.6. The number of hydrogen-bond donors (Lipinski definition) is 0. The minimum Gasteiger partial charge on any atom is -0.462 e. The number of ether oxygens (including phenoxy) is 1. The zero-order valence-electron chi connectivity index (χ0n) is 17.5. The highest BCUT2D eigenvalue weighted by molar-refractivity contribution is 6.38. The Morgan fingerprint density at radius 1 is 0.800 bits per heavy atom. The number of aryl methyl sites for hydroxylation is 1. The van der Waals surface area contributed by atoms with E-state index in [1.807, 2.05) is 54.6 Å². The lowest BCUT2D eigenvalue weighted by atomic mass is 10.0. The Morgan fingerprint density at radius 3 is 1.97 bits per heavy atom. The van der Waals surface area contributed by atoms with Crippen LogP contribution >= 0.6 is 0 Å². The van der Waals surface area contributed by atoms with E-state index in [0.29, 0.717) is 12.2 Å². The molecule has 0 fully saturated rings. The number of unbranched alkanes of at least 4 members (excludes halogenated alkanes) is 1. The molecule has 0 radical (unpaired) electrons. The van der Waals surface area contributed by atoms with E-state index in [0.717, 1.165) is 23.1 Å². The lowest BCUT2D eigenvalue weighted by molar-refractivity contribution is -0.151. The highest BCUT2D eigenvalue weighted by Crippen LogP contribution is 2.25. The SMILES string of the molecule is CCCCc1ccc(-c2ccc(N(Cc3ccccc3)C(=O)C(=O)OC)cc2)cc1. The van der Waals surface area contributed by atoms with Gasteiger partial charge in [-0.2, -0.15) is 0 Å². The van der Waals surface area contributed by atoms with Crippen LogP contribution in [-0.2, 0) is 27.3 Å². The quantitative estimate of drug-likeness (QED) is 0.393. The molecule has 30 heavy (non-hydrogen) atoms. The second-order valence-electron chi connectivity index (χ2n) is 7.22. The molecule has 0 aliphatic carbocycles. The number of rotatable bonds is 7. The predicted molar refractivity (Wildman–Crippen MR) is 120 cm³/mol. The third kappa shape index (κ3) is 5.35. The van der Waals surface area contributed by atoms with Gasteiger partial charge in [-0.1, -0.05) is 80.1 Å². The average molecular weight is 402 g/mol. The molecule has 0 spiro atoms. The third-order valence-corrected chi connectivity index (χ3v) is 5.07. The van der Waals surface area contributed by atoms with Gasteiger partial charge in [-0.3, -0.25) is 9.69 Å². The van der Waals surface area contributed by atoms with Gasteiger partial charge in [0.2, 0.25) is 0 Å². The molecule has 3 aromatic rings. The van der Waals surface area contributed by atoms with Crippen LogP contribution in [0.1, 0.15) is 30.9 Å². The van der Waals surface area contributed by atoms with Gasteiger partial charge in [0.15, 0.2) is 0 Å². The summed E-state index contributed by atoms with van der Waals surface area (Å²) in [6.45, 7) is 2.49.